The molecule has 0 saturated heterocycles. The fourth-order valence-electron chi connectivity index (χ4n) is 4.91. The van der Waals surface area contributed by atoms with Crippen LogP contribution in [0, 0.1) is 5.82 Å². The fourth-order valence-corrected chi connectivity index (χ4v) is 4.91. The van der Waals surface area contributed by atoms with Gasteiger partial charge in [-0.15, -0.1) is 6.58 Å². The Kier molecular flexibility index (Phi) is 7.08. The standard InChI is InChI=1S/C29H27FN4O4/c1-2-13-33-24-18-34(28(36)25(24)26(32-29(33)37)20-10-6-11-21(30)16-20)23(15-19-8-4-3-5-9-19)27(35)31-17-22-12-7-14-38-22/h2-12,14,16,23,26H,1,13,15,17-18H2,(H,31,35)(H,32,37)/t23-,26+/m0/s1. The van der Waals surface area contributed by atoms with Crippen molar-refractivity contribution in [2.24, 2.45) is 0 Å². The Balaban J connectivity index is 1.49. The number of hydrogen-bond acceptors (Lipinski definition) is 4. The number of nitrogens with zero attached hydrogens (tertiary/aromatic N) is 2. The number of hydrogen-bond donors (Lipinski definition) is 2. The van der Waals surface area contributed by atoms with Gasteiger partial charge in [-0.2, -0.15) is 0 Å². The van der Waals surface area contributed by atoms with E-state index in [1.165, 1.54) is 34.3 Å². The number of halogens is 1. The summed E-state index contributed by atoms with van der Waals surface area (Å²) in [5.41, 5.74) is 2.11. The molecule has 0 radical (unpaired) electrons. The van der Waals surface area contributed by atoms with Crippen LogP contribution in [0.15, 0.2) is 101 Å². The van der Waals surface area contributed by atoms with Gasteiger partial charge in [-0.25, -0.2) is 9.18 Å². The van der Waals surface area contributed by atoms with Crippen molar-refractivity contribution in [3.05, 3.63) is 120 Å². The molecule has 0 fully saturated rings. The minimum Gasteiger partial charge on any atom is -0.467 e. The molecule has 0 bridgehead atoms. The number of benzene rings is 2. The van der Waals surface area contributed by atoms with Crippen LogP contribution in [0.4, 0.5) is 9.18 Å². The average molecular weight is 515 g/mol. The van der Waals surface area contributed by atoms with Crippen LogP contribution in [0.3, 0.4) is 0 Å². The van der Waals surface area contributed by atoms with Gasteiger partial charge in [0, 0.05) is 13.0 Å². The Morgan fingerprint density at radius 1 is 1.16 bits per heavy atom. The zero-order chi connectivity index (χ0) is 26.6. The molecule has 0 aliphatic carbocycles. The van der Waals surface area contributed by atoms with Gasteiger partial charge in [-0.05, 0) is 35.4 Å². The summed E-state index contributed by atoms with van der Waals surface area (Å²) in [6.45, 7) is 4.13. The van der Waals surface area contributed by atoms with Crippen molar-refractivity contribution in [2.75, 3.05) is 13.1 Å². The van der Waals surface area contributed by atoms with E-state index in [9.17, 15) is 18.8 Å². The van der Waals surface area contributed by atoms with Gasteiger partial charge in [-0.1, -0.05) is 48.5 Å². The predicted octanol–water partition coefficient (Wildman–Crippen LogP) is 3.70. The smallest absolute Gasteiger partial charge is 0.322 e. The third-order valence-electron chi connectivity index (χ3n) is 6.71. The quantitative estimate of drug-likeness (QED) is 0.426. The molecule has 4 amide bonds. The summed E-state index contributed by atoms with van der Waals surface area (Å²) in [5.74, 6) is -0.637. The van der Waals surface area contributed by atoms with Crippen LogP contribution in [0.5, 0.6) is 0 Å². The lowest BCUT2D eigenvalue weighted by molar-refractivity contribution is -0.136. The van der Waals surface area contributed by atoms with E-state index in [0.717, 1.165) is 5.56 Å². The highest BCUT2D eigenvalue weighted by molar-refractivity contribution is 6.03. The van der Waals surface area contributed by atoms with Crippen LogP contribution in [0.25, 0.3) is 0 Å². The van der Waals surface area contributed by atoms with Gasteiger partial charge >= 0.3 is 6.03 Å². The summed E-state index contributed by atoms with van der Waals surface area (Å²) < 4.78 is 19.4. The molecule has 3 heterocycles. The van der Waals surface area contributed by atoms with E-state index >= 15 is 0 Å². The second-order valence-corrected chi connectivity index (χ2v) is 9.13. The first-order valence-electron chi connectivity index (χ1n) is 12.3. The fraction of sp³-hybridized carbons (Fsp3) is 0.207. The Labute approximate surface area is 219 Å². The molecule has 9 heteroatoms. The largest absolute Gasteiger partial charge is 0.467 e. The van der Waals surface area contributed by atoms with Crippen LogP contribution >= 0.6 is 0 Å². The van der Waals surface area contributed by atoms with Gasteiger partial charge in [0.2, 0.25) is 5.91 Å². The lowest BCUT2D eigenvalue weighted by Crippen LogP contribution is -2.49. The van der Waals surface area contributed by atoms with E-state index in [2.05, 4.69) is 17.2 Å². The monoisotopic (exact) mass is 514 g/mol. The highest BCUT2D eigenvalue weighted by Crippen LogP contribution is 2.37. The summed E-state index contributed by atoms with van der Waals surface area (Å²) in [6, 6.07) is 16.6. The molecule has 1 aromatic heterocycles. The maximum absolute atomic E-state index is 14.1. The number of carbonyl (C=O) groups excluding carboxylic acids is 3. The third kappa shape index (κ3) is 4.95. The summed E-state index contributed by atoms with van der Waals surface area (Å²) in [5, 5.41) is 5.71. The number of urea groups is 1. The second-order valence-electron chi connectivity index (χ2n) is 9.13. The summed E-state index contributed by atoms with van der Waals surface area (Å²) >= 11 is 0. The first kappa shape index (κ1) is 25.0. The van der Waals surface area contributed by atoms with Crippen molar-refractivity contribution in [2.45, 2.75) is 25.0 Å². The van der Waals surface area contributed by atoms with Crippen LogP contribution in [0.1, 0.15) is 22.9 Å². The van der Waals surface area contributed by atoms with Crippen molar-refractivity contribution < 1.29 is 23.2 Å². The molecule has 2 aliphatic heterocycles. The molecule has 0 unspecified atom stereocenters. The minimum atomic E-state index is -0.862. The molecule has 38 heavy (non-hydrogen) atoms. The zero-order valence-corrected chi connectivity index (χ0v) is 20.6. The normalized spacial score (nSPS) is 17.8. The molecule has 2 atom stereocenters. The molecule has 0 saturated carbocycles. The maximum atomic E-state index is 14.1. The van der Waals surface area contributed by atoms with E-state index in [0.29, 0.717) is 22.6 Å². The van der Waals surface area contributed by atoms with E-state index in [1.807, 2.05) is 30.3 Å². The van der Waals surface area contributed by atoms with Gasteiger partial charge in [0.1, 0.15) is 17.6 Å². The van der Waals surface area contributed by atoms with Gasteiger partial charge in [0.25, 0.3) is 5.91 Å². The van der Waals surface area contributed by atoms with E-state index in [4.69, 9.17) is 4.42 Å². The van der Waals surface area contributed by atoms with Crippen LogP contribution in [-0.2, 0) is 22.6 Å². The highest BCUT2D eigenvalue weighted by Gasteiger charge is 2.47. The average Bonchev–Trinajstić information content (AvgIpc) is 3.56. The third-order valence-corrected chi connectivity index (χ3v) is 6.71. The lowest BCUT2D eigenvalue weighted by Gasteiger charge is -2.33. The Morgan fingerprint density at radius 3 is 2.68 bits per heavy atom. The van der Waals surface area contributed by atoms with Crippen molar-refractivity contribution in [1.82, 2.24) is 20.4 Å². The van der Waals surface area contributed by atoms with Gasteiger partial charge in [0.05, 0.1) is 36.7 Å². The first-order valence-corrected chi connectivity index (χ1v) is 12.3. The summed E-state index contributed by atoms with van der Waals surface area (Å²) in [6.07, 6.45) is 3.36. The molecule has 5 rings (SSSR count). The van der Waals surface area contributed by atoms with Crippen molar-refractivity contribution >= 4 is 17.8 Å². The number of amides is 4. The number of nitrogens with one attached hydrogen (secondary N) is 2. The zero-order valence-electron chi connectivity index (χ0n) is 20.6. The molecular weight excluding hydrogens is 487 g/mol. The number of carbonyl (C=O) groups is 3. The maximum Gasteiger partial charge on any atom is 0.322 e. The van der Waals surface area contributed by atoms with Crippen molar-refractivity contribution in [3.63, 3.8) is 0 Å². The second kappa shape index (κ2) is 10.8. The lowest BCUT2D eigenvalue weighted by atomic mass is 9.95. The molecule has 2 aliphatic rings. The van der Waals surface area contributed by atoms with Crippen LogP contribution in [0.2, 0.25) is 0 Å². The number of rotatable bonds is 9. The van der Waals surface area contributed by atoms with Crippen molar-refractivity contribution in [1.29, 1.82) is 0 Å². The van der Waals surface area contributed by atoms with Gasteiger partial charge in [0.15, 0.2) is 0 Å². The van der Waals surface area contributed by atoms with Crippen molar-refractivity contribution in [3.8, 4) is 0 Å². The van der Waals surface area contributed by atoms with Gasteiger partial charge < -0.3 is 20.0 Å². The first-order chi connectivity index (χ1) is 18.5. The minimum absolute atomic E-state index is 0.0485. The molecule has 2 N–H and O–H groups in total. The van der Waals surface area contributed by atoms with E-state index in [-0.39, 0.29) is 32.0 Å². The van der Waals surface area contributed by atoms with E-state index < -0.39 is 29.8 Å². The molecule has 0 spiro atoms. The van der Waals surface area contributed by atoms with E-state index in [1.54, 1.807) is 24.3 Å². The SMILES string of the molecule is C=CCN1C(=O)N[C@H](c2cccc(F)c2)C2=C1CN([C@@H](Cc1ccccc1)C(=O)NCc1ccco1)C2=O. The topological polar surface area (TPSA) is 94.9 Å². The predicted molar refractivity (Wildman–Crippen MR) is 138 cm³/mol. The molecule has 8 nitrogen and oxygen atoms in total. The number of furan rings is 1. The summed E-state index contributed by atoms with van der Waals surface area (Å²) in [7, 11) is 0. The molecule has 3 aromatic rings. The molecular formula is C29H27FN4O4. The molecule has 2 aromatic carbocycles. The highest BCUT2D eigenvalue weighted by atomic mass is 19.1. The van der Waals surface area contributed by atoms with Crippen LogP contribution < -0.4 is 10.6 Å². The Morgan fingerprint density at radius 2 is 1.97 bits per heavy atom. The Hall–Kier alpha value is -4.66. The Bertz CT molecular complexity index is 1390. The summed E-state index contributed by atoms with van der Waals surface area (Å²) in [4.78, 5) is 43.5. The van der Waals surface area contributed by atoms with Crippen LogP contribution in [-0.4, -0.2) is 46.8 Å². The molecule has 194 valence electrons. The van der Waals surface area contributed by atoms with Gasteiger partial charge in [-0.3, -0.25) is 14.5 Å².